The average molecular weight is 610 g/mol. The second kappa shape index (κ2) is 14.5. The largest absolute Gasteiger partial charge is 0.463 e. The molecule has 0 saturated carbocycles. The number of rotatable bonds is 16. The maximum Gasteiger partial charge on any atom is 0.306 e. The van der Waals surface area contributed by atoms with E-state index in [1.54, 1.807) is 24.0 Å². The summed E-state index contributed by atoms with van der Waals surface area (Å²) in [5, 5.41) is 13.2. The van der Waals surface area contributed by atoms with Crippen molar-refractivity contribution in [2.24, 2.45) is 11.8 Å². The fourth-order valence-electron chi connectivity index (χ4n) is 7.23. The molecule has 0 aliphatic carbocycles. The van der Waals surface area contributed by atoms with Crippen LogP contribution in [0.1, 0.15) is 70.9 Å². The molecule has 44 heavy (non-hydrogen) atoms. The van der Waals surface area contributed by atoms with Crippen molar-refractivity contribution in [2.45, 2.75) is 95.2 Å². The third kappa shape index (κ3) is 6.33. The Morgan fingerprint density at radius 3 is 2.59 bits per heavy atom. The summed E-state index contributed by atoms with van der Waals surface area (Å²) in [4.78, 5) is 58.2. The lowest BCUT2D eigenvalue weighted by Gasteiger charge is -2.40. The van der Waals surface area contributed by atoms with E-state index in [9.17, 15) is 24.3 Å². The fourth-order valence-corrected chi connectivity index (χ4v) is 7.23. The van der Waals surface area contributed by atoms with Crippen molar-refractivity contribution < 1.29 is 33.8 Å². The van der Waals surface area contributed by atoms with Gasteiger partial charge in [0.2, 0.25) is 17.7 Å². The van der Waals surface area contributed by atoms with E-state index in [2.05, 4.69) is 25.4 Å². The van der Waals surface area contributed by atoms with E-state index in [0.717, 1.165) is 18.4 Å². The van der Waals surface area contributed by atoms with Gasteiger partial charge in [0.25, 0.3) is 0 Å². The third-order valence-corrected chi connectivity index (χ3v) is 9.34. The predicted octanol–water partition coefficient (Wildman–Crippen LogP) is 3.31. The van der Waals surface area contributed by atoms with Crippen LogP contribution in [-0.4, -0.2) is 88.2 Å². The van der Waals surface area contributed by atoms with Gasteiger partial charge in [-0.3, -0.25) is 19.2 Å². The highest BCUT2D eigenvalue weighted by Gasteiger charge is 2.75. The first-order chi connectivity index (χ1) is 21.1. The number of nitrogens with one attached hydrogen (secondary N) is 1. The molecule has 0 radical (unpaired) electrons. The molecule has 3 aliphatic rings. The topological polar surface area (TPSA) is 125 Å². The van der Waals surface area contributed by atoms with Gasteiger partial charge in [0.15, 0.2) is 0 Å². The lowest BCUT2D eigenvalue weighted by molar-refractivity contribution is -0.152. The number of aliphatic hydroxyl groups excluding tert-OH is 1. The Morgan fingerprint density at radius 1 is 1.23 bits per heavy atom. The highest BCUT2D eigenvalue weighted by atomic mass is 16.5. The number of benzene rings is 1. The lowest BCUT2D eigenvalue weighted by atomic mass is 9.70. The first-order valence-corrected chi connectivity index (χ1v) is 15.8. The van der Waals surface area contributed by atoms with Gasteiger partial charge in [-0.25, -0.2) is 0 Å². The second-order valence-electron chi connectivity index (χ2n) is 12.2. The van der Waals surface area contributed by atoms with E-state index >= 15 is 0 Å². The van der Waals surface area contributed by atoms with Crippen LogP contribution in [0, 0.1) is 11.8 Å². The molecule has 2 N–H and O–H groups in total. The zero-order valence-electron chi connectivity index (χ0n) is 26.2. The predicted molar refractivity (Wildman–Crippen MR) is 165 cm³/mol. The Hall–Kier alpha value is -3.50. The molecule has 1 spiro atoms. The number of carbonyl (C=O) groups is 4. The number of allylic oxidation sites excluding steroid dienone is 1. The van der Waals surface area contributed by atoms with Gasteiger partial charge in [-0.1, -0.05) is 55.8 Å². The summed E-state index contributed by atoms with van der Waals surface area (Å²) >= 11 is 0. The van der Waals surface area contributed by atoms with Crippen LogP contribution in [-0.2, 0) is 28.7 Å². The summed E-state index contributed by atoms with van der Waals surface area (Å²) in [6.07, 6.45) is 6.07. The maximum absolute atomic E-state index is 14.4. The van der Waals surface area contributed by atoms with Gasteiger partial charge in [0.1, 0.15) is 18.2 Å². The van der Waals surface area contributed by atoms with Crippen LogP contribution in [0.2, 0.25) is 0 Å². The normalized spacial score (nSPS) is 27.3. The van der Waals surface area contributed by atoms with Gasteiger partial charge in [0.05, 0.1) is 36.6 Å². The van der Waals surface area contributed by atoms with Crippen molar-refractivity contribution in [2.75, 3.05) is 19.8 Å². The van der Waals surface area contributed by atoms with Crippen molar-refractivity contribution >= 4 is 23.7 Å². The van der Waals surface area contributed by atoms with Gasteiger partial charge in [-0.15, -0.1) is 13.2 Å². The molecule has 10 nitrogen and oxygen atoms in total. The van der Waals surface area contributed by atoms with Crippen LogP contribution in [0.15, 0.2) is 55.6 Å². The number of likely N-dealkylation sites (tertiary alicyclic amines) is 1. The summed E-state index contributed by atoms with van der Waals surface area (Å²) in [7, 11) is 0. The van der Waals surface area contributed by atoms with Gasteiger partial charge in [0, 0.05) is 19.0 Å². The number of carbonyl (C=O) groups excluding carboxylic acids is 4. The highest BCUT2D eigenvalue weighted by Crippen LogP contribution is 2.59. The van der Waals surface area contributed by atoms with E-state index in [1.165, 1.54) is 4.90 Å². The number of esters is 1. The van der Waals surface area contributed by atoms with Gasteiger partial charge in [-0.2, -0.15) is 0 Å². The number of hydrogen-bond acceptors (Lipinski definition) is 7. The molecule has 3 fully saturated rings. The van der Waals surface area contributed by atoms with Crippen LogP contribution in [0.25, 0.3) is 0 Å². The molecule has 3 aliphatic heterocycles. The second-order valence-corrected chi connectivity index (χ2v) is 12.2. The molecule has 3 heterocycles. The first kappa shape index (κ1) is 33.4. The van der Waals surface area contributed by atoms with Crippen LogP contribution < -0.4 is 5.32 Å². The average Bonchev–Trinajstić information content (AvgIpc) is 3.67. The van der Waals surface area contributed by atoms with Crippen molar-refractivity contribution in [1.82, 2.24) is 15.1 Å². The molecule has 8 atom stereocenters. The Labute approximate surface area is 260 Å². The number of aliphatic hydroxyl groups is 1. The third-order valence-electron chi connectivity index (χ3n) is 9.34. The molecular formula is C34H47N3O7. The standard InChI is InChI=1S/C34H47N3O7/c1-6-9-16-27(39)43-21-25(24-14-11-10-12-15-24)35-31(40)28-26-17-18-34(44-26)29(28)32(41)37(23(5)20-38)30(34)33(42)36(19-8-3)22(4)13-7-2/h6,8,10-12,14-15,22-23,25-26,28-30,38H,1,3,7,9,13,16-21H2,2,4-5H3,(H,35,40)/t22?,23-,25+,26+,28-,29-,30+,34-/m1/s1. The first-order valence-electron chi connectivity index (χ1n) is 15.8. The van der Waals surface area contributed by atoms with Crippen LogP contribution >= 0.6 is 0 Å². The van der Waals surface area contributed by atoms with Gasteiger partial charge >= 0.3 is 5.97 Å². The Balaban J connectivity index is 1.64. The summed E-state index contributed by atoms with van der Waals surface area (Å²) in [6.45, 7) is 13.1. The summed E-state index contributed by atoms with van der Waals surface area (Å²) in [6, 6.07) is 6.84. The van der Waals surface area contributed by atoms with E-state index < -0.39 is 53.5 Å². The lowest BCUT2D eigenvalue weighted by Crippen LogP contribution is -2.59. The van der Waals surface area contributed by atoms with Crippen molar-refractivity contribution in [3.63, 3.8) is 0 Å². The van der Waals surface area contributed by atoms with Crippen molar-refractivity contribution in [1.29, 1.82) is 0 Å². The van der Waals surface area contributed by atoms with Crippen LogP contribution in [0.5, 0.6) is 0 Å². The number of ether oxygens (including phenoxy) is 2. The molecule has 2 bridgehead atoms. The molecule has 4 rings (SSSR count). The van der Waals surface area contributed by atoms with Crippen LogP contribution in [0.4, 0.5) is 0 Å². The summed E-state index contributed by atoms with van der Waals surface area (Å²) in [5.74, 6) is -3.13. The minimum Gasteiger partial charge on any atom is -0.463 e. The molecule has 0 aromatic heterocycles. The Bertz CT molecular complexity index is 1220. The molecule has 3 saturated heterocycles. The molecule has 1 aromatic rings. The zero-order chi connectivity index (χ0) is 32.0. The van der Waals surface area contributed by atoms with Crippen molar-refractivity contribution in [3.8, 4) is 0 Å². The molecule has 10 heteroatoms. The number of amides is 3. The quantitative estimate of drug-likeness (QED) is 0.218. The van der Waals surface area contributed by atoms with Gasteiger partial charge < -0.3 is 29.7 Å². The van der Waals surface area contributed by atoms with Crippen LogP contribution in [0.3, 0.4) is 0 Å². The minimum absolute atomic E-state index is 0.0751. The summed E-state index contributed by atoms with van der Waals surface area (Å²) < 4.78 is 12.1. The monoisotopic (exact) mass is 609 g/mol. The summed E-state index contributed by atoms with van der Waals surface area (Å²) in [5.41, 5.74) is -0.433. The van der Waals surface area contributed by atoms with E-state index in [0.29, 0.717) is 25.8 Å². The fraction of sp³-hybridized carbons (Fsp3) is 0.588. The SMILES string of the molecule is C=CCCC(=O)OC[C@H](NC(=O)[C@@H]1[C@@H]2CC[C@]3(O2)[C@H](C(=O)N(CC=C)C(C)CCC)N([C@H](C)CO)C(=O)[C@@H]13)c1ccccc1. The number of fused-ring (bicyclic) bond motifs is 1. The van der Waals surface area contributed by atoms with E-state index in [1.807, 2.05) is 37.3 Å². The van der Waals surface area contributed by atoms with E-state index in [-0.39, 0.29) is 37.5 Å². The molecule has 1 aromatic carbocycles. The smallest absolute Gasteiger partial charge is 0.306 e. The molecule has 3 amide bonds. The zero-order valence-corrected chi connectivity index (χ0v) is 26.2. The van der Waals surface area contributed by atoms with E-state index in [4.69, 9.17) is 9.47 Å². The number of nitrogens with zero attached hydrogens (tertiary/aromatic N) is 2. The Kier molecular flexibility index (Phi) is 11.0. The Morgan fingerprint density at radius 2 is 1.95 bits per heavy atom. The minimum atomic E-state index is -1.19. The van der Waals surface area contributed by atoms with Crippen molar-refractivity contribution in [3.05, 3.63) is 61.2 Å². The number of hydrogen-bond donors (Lipinski definition) is 2. The van der Waals surface area contributed by atoms with Gasteiger partial charge in [-0.05, 0) is 45.1 Å². The molecule has 240 valence electrons. The maximum atomic E-state index is 14.4. The molecular weight excluding hydrogens is 562 g/mol. The molecule has 1 unspecified atom stereocenters. The highest BCUT2D eigenvalue weighted by molar-refractivity contribution is 5.99.